The lowest BCUT2D eigenvalue weighted by molar-refractivity contribution is -0.137. The number of ether oxygens (including phenoxy) is 1. The van der Waals surface area contributed by atoms with E-state index in [9.17, 15) is 22.8 Å². The van der Waals surface area contributed by atoms with Crippen LogP contribution < -0.4 is 10.1 Å². The molecule has 3 rings (SSSR count). The highest BCUT2D eigenvalue weighted by molar-refractivity contribution is 6.07. The number of carbonyl (C=O) groups excluding carboxylic acids is 2. The number of halogens is 3. The lowest BCUT2D eigenvalue weighted by atomic mass is 9.91. The highest BCUT2D eigenvalue weighted by Crippen LogP contribution is 2.33. The van der Waals surface area contributed by atoms with E-state index in [1.165, 1.54) is 25.3 Å². The van der Waals surface area contributed by atoms with Crippen LogP contribution >= 0.6 is 0 Å². The van der Waals surface area contributed by atoms with Crippen molar-refractivity contribution in [2.75, 3.05) is 0 Å². The third-order valence-electron chi connectivity index (χ3n) is 4.56. The lowest BCUT2D eigenvalue weighted by Gasteiger charge is -2.22. The molecule has 1 aliphatic rings. The Balaban J connectivity index is 1.78. The number of hydrogen-bond donors (Lipinski definition) is 1. The Hall–Kier alpha value is -3.10. The second kappa shape index (κ2) is 7.38. The van der Waals surface area contributed by atoms with E-state index in [1.54, 1.807) is 12.1 Å². The number of hydrogen-bond acceptors (Lipinski definition) is 4. The second-order valence-corrected chi connectivity index (χ2v) is 7.19. The molecule has 1 unspecified atom stereocenters. The van der Waals surface area contributed by atoms with Gasteiger partial charge < -0.3 is 10.1 Å². The van der Waals surface area contributed by atoms with E-state index in [1.807, 2.05) is 13.8 Å². The number of nitrogens with zero attached hydrogens (tertiary/aromatic N) is 2. The van der Waals surface area contributed by atoms with Gasteiger partial charge in [-0.1, -0.05) is 18.2 Å². The van der Waals surface area contributed by atoms with Crippen LogP contribution in [0.1, 0.15) is 37.5 Å². The van der Waals surface area contributed by atoms with Gasteiger partial charge in [-0.3, -0.25) is 9.69 Å². The molecule has 1 aromatic heterocycles. The topological polar surface area (TPSA) is 71.5 Å². The monoisotopic (exact) mass is 407 g/mol. The quantitative estimate of drug-likeness (QED) is 0.765. The maximum Gasteiger partial charge on any atom is 0.416 e. The molecule has 3 amide bonds. The van der Waals surface area contributed by atoms with Gasteiger partial charge in [0, 0.05) is 12.3 Å². The molecule has 0 spiro atoms. The second-order valence-electron chi connectivity index (χ2n) is 7.19. The van der Waals surface area contributed by atoms with E-state index in [-0.39, 0.29) is 18.2 Å². The van der Waals surface area contributed by atoms with Gasteiger partial charge in [0.1, 0.15) is 5.54 Å². The molecule has 1 aromatic carbocycles. The number of rotatable bonds is 5. The van der Waals surface area contributed by atoms with Crippen molar-refractivity contribution in [3.8, 4) is 5.88 Å². The number of imide groups is 1. The number of alkyl halides is 3. The summed E-state index contributed by atoms with van der Waals surface area (Å²) in [6, 6.07) is 6.89. The molecule has 1 atom stereocenters. The Bertz CT molecular complexity index is 911. The fourth-order valence-electron chi connectivity index (χ4n) is 3.03. The molecule has 0 bridgehead atoms. The molecule has 0 saturated carbocycles. The fraction of sp³-hybridized carbons (Fsp3) is 0.350. The van der Waals surface area contributed by atoms with Crippen molar-refractivity contribution in [1.29, 1.82) is 0 Å². The van der Waals surface area contributed by atoms with Crippen LogP contribution in [0.2, 0.25) is 0 Å². The van der Waals surface area contributed by atoms with Gasteiger partial charge in [0.05, 0.1) is 18.2 Å². The molecule has 0 radical (unpaired) electrons. The van der Waals surface area contributed by atoms with Crippen molar-refractivity contribution in [3.05, 3.63) is 59.3 Å². The van der Waals surface area contributed by atoms with Crippen molar-refractivity contribution in [3.63, 3.8) is 0 Å². The molecule has 9 heteroatoms. The minimum atomic E-state index is -4.48. The summed E-state index contributed by atoms with van der Waals surface area (Å²) in [7, 11) is 0. The first-order chi connectivity index (χ1) is 13.5. The molecule has 2 aromatic rings. The van der Waals surface area contributed by atoms with Crippen molar-refractivity contribution < 1.29 is 27.5 Å². The molecule has 6 nitrogen and oxygen atoms in total. The number of carbonyl (C=O) groups is 2. The van der Waals surface area contributed by atoms with E-state index in [0.29, 0.717) is 11.4 Å². The predicted octanol–water partition coefficient (Wildman–Crippen LogP) is 3.85. The highest BCUT2D eigenvalue weighted by atomic mass is 19.4. The lowest BCUT2D eigenvalue weighted by Crippen LogP contribution is -2.40. The Morgan fingerprint density at radius 3 is 2.31 bits per heavy atom. The maximum atomic E-state index is 12.9. The summed E-state index contributed by atoms with van der Waals surface area (Å²) < 4.78 is 43.8. The first kappa shape index (κ1) is 20.6. The molecule has 1 saturated heterocycles. The summed E-state index contributed by atoms with van der Waals surface area (Å²) in [5.74, 6) is -0.125. The largest absolute Gasteiger partial charge is 0.475 e. The Morgan fingerprint density at radius 2 is 1.79 bits per heavy atom. The fourth-order valence-corrected chi connectivity index (χ4v) is 3.03. The molecular formula is C20H20F3N3O3. The third-order valence-corrected chi connectivity index (χ3v) is 4.56. The number of nitrogens with one attached hydrogen (secondary N) is 1. The number of urea groups is 1. The van der Waals surface area contributed by atoms with Crippen LogP contribution in [0, 0.1) is 0 Å². The van der Waals surface area contributed by atoms with Gasteiger partial charge in [0.25, 0.3) is 5.91 Å². The Labute approximate surface area is 165 Å². The number of aromatic nitrogens is 1. The van der Waals surface area contributed by atoms with Crippen molar-refractivity contribution in [1.82, 2.24) is 15.2 Å². The van der Waals surface area contributed by atoms with Gasteiger partial charge in [-0.2, -0.15) is 13.2 Å². The average Bonchev–Trinajstić information content (AvgIpc) is 2.86. The molecule has 1 N–H and O–H groups in total. The van der Waals surface area contributed by atoms with E-state index >= 15 is 0 Å². The Kier molecular flexibility index (Phi) is 5.25. The predicted molar refractivity (Wildman–Crippen MR) is 97.9 cm³/mol. The summed E-state index contributed by atoms with van der Waals surface area (Å²) in [4.78, 5) is 30.4. The summed E-state index contributed by atoms with van der Waals surface area (Å²) in [5, 5.41) is 2.57. The summed E-state index contributed by atoms with van der Waals surface area (Å²) in [6.07, 6.45) is -3.01. The van der Waals surface area contributed by atoms with Crippen LogP contribution in [0.25, 0.3) is 0 Å². The van der Waals surface area contributed by atoms with Gasteiger partial charge in [-0.15, -0.1) is 0 Å². The van der Waals surface area contributed by atoms with Crippen LogP contribution in [-0.4, -0.2) is 27.9 Å². The van der Waals surface area contributed by atoms with Gasteiger partial charge in [0.2, 0.25) is 5.88 Å². The molecule has 1 fully saturated rings. The SMILES string of the molecule is CC(C)Oc1ccc(CN2C(=O)NC(C)(c3ccc(C(F)(F)F)cc3)C2=O)cn1. The van der Waals surface area contributed by atoms with E-state index in [0.717, 1.165) is 17.0 Å². The Morgan fingerprint density at radius 1 is 1.14 bits per heavy atom. The third kappa shape index (κ3) is 4.18. The minimum Gasteiger partial charge on any atom is -0.475 e. The van der Waals surface area contributed by atoms with Crippen LogP contribution in [0.4, 0.5) is 18.0 Å². The molecule has 154 valence electrons. The van der Waals surface area contributed by atoms with Crippen LogP contribution in [0.15, 0.2) is 42.6 Å². The number of pyridine rings is 1. The van der Waals surface area contributed by atoms with Crippen molar-refractivity contribution >= 4 is 11.9 Å². The maximum absolute atomic E-state index is 12.9. The smallest absolute Gasteiger partial charge is 0.416 e. The number of benzene rings is 1. The first-order valence-corrected chi connectivity index (χ1v) is 8.94. The zero-order valence-corrected chi connectivity index (χ0v) is 16.1. The minimum absolute atomic E-state index is 0.0180. The van der Waals surface area contributed by atoms with E-state index in [4.69, 9.17) is 4.74 Å². The summed E-state index contributed by atoms with van der Waals surface area (Å²) in [6.45, 7) is 5.18. The summed E-state index contributed by atoms with van der Waals surface area (Å²) in [5.41, 5.74) is -1.39. The van der Waals surface area contributed by atoms with Gasteiger partial charge in [-0.25, -0.2) is 9.78 Å². The van der Waals surface area contributed by atoms with Gasteiger partial charge >= 0.3 is 12.2 Å². The van der Waals surface area contributed by atoms with Gasteiger partial charge in [0.15, 0.2) is 0 Å². The average molecular weight is 407 g/mol. The molecular weight excluding hydrogens is 387 g/mol. The van der Waals surface area contributed by atoms with E-state index < -0.39 is 29.2 Å². The summed E-state index contributed by atoms with van der Waals surface area (Å²) >= 11 is 0. The van der Waals surface area contributed by atoms with Crippen LogP contribution in [0.5, 0.6) is 5.88 Å². The molecule has 1 aliphatic heterocycles. The van der Waals surface area contributed by atoms with Gasteiger partial charge in [-0.05, 0) is 44.0 Å². The molecule has 29 heavy (non-hydrogen) atoms. The zero-order valence-electron chi connectivity index (χ0n) is 16.1. The molecule has 0 aliphatic carbocycles. The molecule has 2 heterocycles. The van der Waals surface area contributed by atoms with Crippen molar-refractivity contribution in [2.24, 2.45) is 0 Å². The number of amides is 3. The zero-order chi connectivity index (χ0) is 21.4. The van der Waals surface area contributed by atoms with Crippen LogP contribution in [-0.2, 0) is 23.1 Å². The first-order valence-electron chi connectivity index (χ1n) is 8.94. The normalized spacial score (nSPS) is 19.6. The van der Waals surface area contributed by atoms with E-state index in [2.05, 4.69) is 10.3 Å². The van der Waals surface area contributed by atoms with Crippen molar-refractivity contribution in [2.45, 2.75) is 45.1 Å². The highest BCUT2D eigenvalue weighted by Gasteiger charge is 2.49. The standard InChI is InChI=1S/C20H20F3N3O3/c1-12(2)29-16-9-4-13(10-24-16)11-26-17(27)19(3,25-18(26)28)14-5-7-15(8-6-14)20(21,22)23/h4-10,12H,11H2,1-3H3,(H,25,28). The van der Waals surface area contributed by atoms with Crippen LogP contribution in [0.3, 0.4) is 0 Å².